The molecule has 0 aliphatic carbocycles. The van der Waals surface area contributed by atoms with Gasteiger partial charge < -0.3 is 29.7 Å². The molecule has 6 aliphatic rings. The molecule has 6 aliphatic heterocycles. The van der Waals surface area contributed by atoms with Crippen molar-refractivity contribution < 1.29 is 33.4 Å². The molecule has 6 aromatic carbocycles. The number of nitrogens with one attached hydrogen (secondary N) is 4. The quantitative estimate of drug-likeness (QED) is 0.110. The van der Waals surface area contributed by atoms with Crippen molar-refractivity contribution in [3.8, 4) is 5.75 Å². The summed E-state index contributed by atoms with van der Waals surface area (Å²) < 4.78 is 18.1. The number of amides is 2. The minimum atomic E-state index is -0.654. The van der Waals surface area contributed by atoms with E-state index in [0.29, 0.717) is 5.56 Å². The Hall–Kier alpha value is -6.79. The second-order valence-electron chi connectivity index (χ2n) is 42.9. The Kier molecular flexibility index (Phi) is 25.8. The first-order chi connectivity index (χ1) is 47.9. The molecule has 11 nitrogen and oxygen atoms in total. The summed E-state index contributed by atoms with van der Waals surface area (Å²) in [5.74, 6) is 0.809. The van der Waals surface area contributed by atoms with Crippen LogP contribution in [0.1, 0.15) is 329 Å². The smallest absolute Gasteiger partial charge is 0.412 e. The van der Waals surface area contributed by atoms with E-state index < -0.39 is 11.2 Å². The minimum Gasteiger partial charge on any atom is -0.449 e. The zero-order valence-electron chi connectivity index (χ0n) is 72.6. The van der Waals surface area contributed by atoms with Gasteiger partial charge in [-0.05, 0) is 95.4 Å². The van der Waals surface area contributed by atoms with Crippen LogP contribution in [0.2, 0.25) is 0 Å². The van der Waals surface area contributed by atoms with Crippen LogP contribution in [0.5, 0.6) is 5.75 Å². The lowest BCUT2D eigenvalue weighted by Crippen LogP contribution is -2.58. The van der Waals surface area contributed by atoms with E-state index in [4.69, 9.17) is 19.0 Å². The Morgan fingerprint density at radius 1 is 0.315 bits per heavy atom. The number of para-hydroxylation sites is 2. The summed E-state index contributed by atoms with van der Waals surface area (Å²) in [6, 6.07) is 49.4. The molecule has 0 atom stereocenters. The van der Waals surface area contributed by atoms with Crippen LogP contribution in [0.4, 0.5) is 10.5 Å². The van der Waals surface area contributed by atoms with Gasteiger partial charge in [-0.1, -0.05) is 385 Å². The van der Waals surface area contributed by atoms with Gasteiger partial charge in [-0.2, -0.15) is 0 Å². The fraction of sp³-hybridized carbons (Fsp3) is 0.598. The molecular formula is C97H148N4O7. The maximum Gasteiger partial charge on any atom is 0.412 e. The van der Waals surface area contributed by atoms with E-state index in [-0.39, 0.29) is 120 Å². The van der Waals surface area contributed by atoms with Crippen molar-refractivity contribution in [3.63, 3.8) is 0 Å². The Morgan fingerprint density at radius 2 is 0.667 bits per heavy atom. The zero-order chi connectivity index (χ0) is 80.7. The van der Waals surface area contributed by atoms with E-state index in [9.17, 15) is 14.4 Å². The van der Waals surface area contributed by atoms with Crippen LogP contribution in [0.3, 0.4) is 0 Å². The van der Waals surface area contributed by atoms with Gasteiger partial charge in [-0.25, -0.2) is 9.59 Å². The average Bonchev–Trinajstić information content (AvgIpc) is 1.46. The number of carbonyl (C=O) groups excluding carboxylic acids is 3. The summed E-state index contributed by atoms with van der Waals surface area (Å²) in [7, 11) is 0. The van der Waals surface area contributed by atoms with Gasteiger partial charge in [0.15, 0.2) is 11.4 Å². The van der Waals surface area contributed by atoms with Gasteiger partial charge in [0.1, 0.15) is 11.2 Å². The summed E-state index contributed by atoms with van der Waals surface area (Å²) in [6.45, 7) is 81.7. The predicted molar refractivity (Wildman–Crippen MR) is 454 cm³/mol. The van der Waals surface area contributed by atoms with Crippen LogP contribution in [0, 0.1) is 65.0 Å². The Balaban J connectivity index is 0.000000232. The van der Waals surface area contributed by atoms with E-state index in [2.05, 4.69) is 337 Å². The van der Waals surface area contributed by atoms with Gasteiger partial charge in [0.05, 0.1) is 34.5 Å². The summed E-state index contributed by atoms with van der Waals surface area (Å²) in [6.07, 6.45) is -0.372. The topological polar surface area (TPSA) is 136 Å². The molecule has 0 saturated heterocycles. The van der Waals surface area contributed by atoms with Crippen LogP contribution in [0.25, 0.3) is 0 Å². The molecule has 108 heavy (non-hydrogen) atoms. The monoisotopic (exact) mass is 1480 g/mol. The Labute approximate surface area is 657 Å². The molecule has 0 fully saturated rings. The van der Waals surface area contributed by atoms with Gasteiger partial charge in [0.25, 0.3) is 5.91 Å². The Bertz CT molecular complexity index is 3750. The number of rotatable bonds is 0. The Morgan fingerprint density at radius 3 is 1.11 bits per heavy atom. The molecule has 0 bridgehead atoms. The third-order valence-corrected chi connectivity index (χ3v) is 23.9. The third-order valence-electron chi connectivity index (χ3n) is 23.9. The van der Waals surface area contributed by atoms with Crippen molar-refractivity contribution in [1.29, 1.82) is 0 Å². The highest BCUT2D eigenvalue weighted by atomic mass is 16.7. The second-order valence-corrected chi connectivity index (χ2v) is 42.9. The van der Waals surface area contributed by atoms with Gasteiger partial charge in [-0.3, -0.25) is 10.1 Å². The number of cyclic esters (lactones) is 2. The highest BCUT2D eigenvalue weighted by Crippen LogP contribution is 2.63. The molecule has 4 N–H and O–H groups in total. The molecule has 6 heterocycles. The van der Waals surface area contributed by atoms with Crippen LogP contribution in [-0.2, 0) is 60.8 Å². The fourth-order valence-corrected chi connectivity index (χ4v) is 21.3. The molecule has 12 rings (SSSR count). The number of hydrogen-bond donors (Lipinski definition) is 4. The minimum absolute atomic E-state index is 0. The largest absolute Gasteiger partial charge is 0.449 e. The molecule has 2 amide bonds. The summed E-state index contributed by atoms with van der Waals surface area (Å²) in [5.41, 5.74) is 13.8. The number of hydroxylamine groups is 1. The van der Waals surface area contributed by atoms with Crippen molar-refractivity contribution >= 4 is 23.7 Å². The molecule has 6 aromatic rings. The first-order valence-electron chi connectivity index (χ1n) is 38.9. The lowest BCUT2D eigenvalue weighted by Gasteiger charge is -2.54. The molecule has 0 radical (unpaired) electrons. The molecule has 11 heteroatoms. The number of benzene rings is 6. The lowest BCUT2D eigenvalue weighted by atomic mass is 9.57. The van der Waals surface area contributed by atoms with Gasteiger partial charge in [0, 0.05) is 50.5 Å². The van der Waals surface area contributed by atoms with Crippen LogP contribution >= 0.6 is 0 Å². The van der Waals surface area contributed by atoms with E-state index in [1.165, 1.54) is 27.8 Å². The van der Waals surface area contributed by atoms with Gasteiger partial charge >= 0.3 is 12.1 Å². The zero-order valence-corrected chi connectivity index (χ0v) is 72.6. The van der Waals surface area contributed by atoms with Gasteiger partial charge in [-0.15, -0.1) is 5.48 Å². The first kappa shape index (κ1) is 91.8. The molecule has 0 saturated carbocycles. The summed E-state index contributed by atoms with van der Waals surface area (Å²) in [5, 5.41) is 9.89. The standard InChI is InChI=1S/C16H23NO2.C16H23NO.C16H25N.C16H22O2.C16H24O.C15H23NO.2CH4/c1-14(2,3)16(15(4,5)6)11-9-7-8-10-12(11)17-13(18)19-16;1-14(2,3)16(15(4,5)6)12-10-8-7-9-11(12)13(18)17-16;1-14(2,3)16(15(4,5)6)13-10-8-7-9-12(13)11-17-16;1-14(2,3)16(15(4,5)6)12-10-8-7-9-11(12)13(17)18-16;1-14(2,3)16(15(4,5)6)13-10-8-7-9-12(13)11-17-16;1-13(2,3)15(14(4,5)6)11-9-7-8-10-12(11)17-16-15;;/h7-10H,1-6H3,(H,17,18);7-10H,1-6H3,(H,17,18);7-10,17H,11H2,1-6H3;7-10H,1-6H3;7-10H,11H2,1-6H3;7-10,16H,1-6H3;2*1H4. The fourth-order valence-electron chi connectivity index (χ4n) is 21.3. The number of ether oxygens (including phenoxy) is 3. The van der Waals surface area contributed by atoms with Crippen molar-refractivity contribution in [3.05, 3.63) is 201 Å². The average molecular weight is 1480 g/mol. The van der Waals surface area contributed by atoms with Crippen LogP contribution in [0.15, 0.2) is 146 Å². The third kappa shape index (κ3) is 15.5. The maximum absolute atomic E-state index is 12.3. The summed E-state index contributed by atoms with van der Waals surface area (Å²) in [4.78, 5) is 42.1. The van der Waals surface area contributed by atoms with E-state index in [0.717, 1.165) is 46.8 Å². The highest BCUT2D eigenvalue weighted by molar-refractivity contribution is 6.00. The lowest BCUT2D eigenvalue weighted by molar-refractivity contribution is -0.180. The van der Waals surface area contributed by atoms with Crippen molar-refractivity contribution in [2.24, 2.45) is 65.0 Å². The SMILES string of the molecule is C.C.CC(C)(C)C1(C(C)(C)C)NC(=O)c2ccccc21.CC(C)(C)C1(C(C)(C)C)NCc2ccccc21.CC(C)(C)C1(C(C)(C)C)NOc2ccccc21.CC(C)(C)C1(C(C)(C)C)OC(=O)Nc2ccccc21.CC(C)(C)C1(C(C)(C)C)OC(=O)c2ccccc21.CC(C)(C)C1(C(C)(C)C)OCc2ccccc21. The molecule has 0 spiro atoms. The molecule has 0 aromatic heterocycles. The number of fused-ring (bicyclic) bond motifs is 6. The number of hydrogen-bond acceptors (Lipinski definition) is 9. The van der Waals surface area contributed by atoms with Crippen LogP contribution < -0.4 is 26.3 Å². The summed E-state index contributed by atoms with van der Waals surface area (Å²) >= 11 is 0. The van der Waals surface area contributed by atoms with Crippen LogP contribution in [-0.4, -0.2) is 18.0 Å². The van der Waals surface area contributed by atoms with Crippen molar-refractivity contribution in [1.82, 2.24) is 16.1 Å². The first-order valence-corrected chi connectivity index (χ1v) is 38.9. The molecular weight excluding hydrogens is 1330 g/mol. The van der Waals surface area contributed by atoms with E-state index >= 15 is 0 Å². The maximum atomic E-state index is 12.3. The van der Waals surface area contributed by atoms with Crippen molar-refractivity contribution in [2.75, 3.05) is 5.32 Å². The number of carbonyl (C=O) groups is 3. The number of anilines is 1. The highest BCUT2D eigenvalue weighted by Gasteiger charge is 2.63. The molecule has 598 valence electrons. The van der Waals surface area contributed by atoms with E-state index in [1.54, 1.807) is 0 Å². The normalized spacial score (nSPS) is 18.4. The second kappa shape index (κ2) is 30.4. The molecule has 0 unspecified atom stereocenters. The van der Waals surface area contributed by atoms with Crippen molar-refractivity contribution in [2.45, 2.75) is 311 Å². The van der Waals surface area contributed by atoms with Gasteiger partial charge in [0.2, 0.25) is 0 Å². The number of esters is 1. The predicted octanol–water partition coefficient (Wildman–Crippen LogP) is 26.1. The van der Waals surface area contributed by atoms with E-state index in [1.807, 2.05) is 78.9 Å².